The predicted octanol–water partition coefficient (Wildman–Crippen LogP) is 0.769. The number of likely N-dealkylation sites (N-methyl/N-ethyl adjacent to an activating group) is 1. The smallest absolute Gasteiger partial charge is 0.243 e. The molecule has 6 heteroatoms. The van der Waals surface area contributed by atoms with Gasteiger partial charge < -0.3 is 20.3 Å². The molecule has 2 N–H and O–H groups in total. The number of aryl methyl sites for hydroxylation is 1. The van der Waals surface area contributed by atoms with Gasteiger partial charge in [-0.05, 0) is 26.0 Å². The molecule has 2 amide bonds. The Hall–Kier alpha value is -1.92. The van der Waals surface area contributed by atoms with Crippen molar-refractivity contribution in [1.82, 2.24) is 10.2 Å². The van der Waals surface area contributed by atoms with Crippen LogP contribution in [0.15, 0.2) is 24.3 Å². The second-order valence-electron chi connectivity index (χ2n) is 5.62. The molecule has 6 nitrogen and oxygen atoms in total. The Balaban J connectivity index is 1.87. The van der Waals surface area contributed by atoms with Crippen LogP contribution in [0.4, 0.5) is 5.69 Å². The highest BCUT2D eigenvalue weighted by molar-refractivity contribution is 5.95. The highest BCUT2D eigenvalue weighted by Gasteiger charge is 2.31. The summed E-state index contributed by atoms with van der Waals surface area (Å²) in [5, 5.41) is 5.92. The van der Waals surface area contributed by atoms with E-state index in [9.17, 15) is 9.59 Å². The fourth-order valence-electron chi connectivity index (χ4n) is 2.38. The molecular weight excluding hydrogens is 282 g/mol. The lowest BCUT2D eigenvalue weighted by Crippen LogP contribution is -2.56. The molecule has 1 aromatic rings. The van der Waals surface area contributed by atoms with Gasteiger partial charge in [0.15, 0.2) is 0 Å². The number of hydrogen-bond donors (Lipinski definition) is 2. The molecule has 0 aliphatic carbocycles. The summed E-state index contributed by atoms with van der Waals surface area (Å²) in [5.41, 5.74) is 1.85. The van der Waals surface area contributed by atoms with E-state index in [2.05, 4.69) is 10.6 Å². The van der Waals surface area contributed by atoms with Gasteiger partial charge in [0.1, 0.15) is 6.04 Å². The molecular formula is C16H23N3O3. The molecule has 1 heterocycles. The average molecular weight is 305 g/mol. The van der Waals surface area contributed by atoms with Crippen LogP contribution >= 0.6 is 0 Å². The Bertz CT molecular complexity index is 530. The number of morpholine rings is 1. The van der Waals surface area contributed by atoms with Crippen LogP contribution in [0.2, 0.25) is 0 Å². The number of nitrogens with one attached hydrogen (secondary N) is 2. The Kier molecular flexibility index (Phi) is 5.51. The van der Waals surface area contributed by atoms with E-state index in [4.69, 9.17) is 4.74 Å². The zero-order chi connectivity index (χ0) is 16.1. The highest BCUT2D eigenvalue weighted by atomic mass is 16.5. The van der Waals surface area contributed by atoms with Crippen LogP contribution in [0.3, 0.4) is 0 Å². The summed E-state index contributed by atoms with van der Waals surface area (Å²) >= 11 is 0. The first-order valence-corrected chi connectivity index (χ1v) is 7.44. The van der Waals surface area contributed by atoms with Gasteiger partial charge in [-0.2, -0.15) is 0 Å². The van der Waals surface area contributed by atoms with E-state index in [-0.39, 0.29) is 24.5 Å². The van der Waals surface area contributed by atoms with Gasteiger partial charge in [-0.3, -0.25) is 9.59 Å². The van der Waals surface area contributed by atoms with E-state index < -0.39 is 6.04 Å². The molecule has 1 fully saturated rings. The zero-order valence-electron chi connectivity index (χ0n) is 13.3. The van der Waals surface area contributed by atoms with Gasteiger partial charge in [0.25, 0.3) is 0 Å². The molecule has 0 aromatic heterocycles. The van der Waals surface area contributed by atoms with E-state index in [0.29, 0.717) is 13.2 Å². The van der Waals surface area contributed by atoms with Crippen LogP contribution in [0.5, 0.6) is 0 Å². The predicted molar refractivity (Wildman–Crippen MR) is 84.7 cm³/mol. The summed E-state index contributed by atoms with van der Waals surface area (Å²) in [7, 11) is 1.63. The van der Waals surface area contributed by atoms with Crippen molar-refractivity contribution in [1.29, 1.82) is 0 Å². The first-order valence-electron chi connectivity index (χ1n) is 7.44. The Morgan fingerprint density at radius 2 is 2.05 bits per heavy atom. The number of nitrogens with zero attached hydrogens (tertiary/aromatic N) is 1. The van der Waals surface area contributed by atoms with Crippen molar-refractivity contribution in [2.75, 3.05) is 32.1 Å². The molecule has 2 atom stereocenters. The van der Waals surface area contributed by atoms with Crippen molar-refractivity contribution >= 4 is 17.5 Å². The molecule has 0 saturated carbocycles. The zero-order valence-corrected chi connectivity index (χ0v) is 13.3. The average Bonchev–Trinajstić information content (AvgIpc) is 2.49. The molecule has 0 spiro atoms. The second-order valence-corrected chi connectivity index (χ2v) is 5.62. The normalized spacial score (nSPS) is 21.2. The van der Waals surface area contributed by atoms with E-state index in [0.717, 1.165) is 11.3 Å². The topological polar surface area (TPSA) is 70.7 Å². The molecule has 0 radical (unpaired) electrons. The number of anilines is 1. The van der Waals surface area contributed by atoms with Crippen LogP contribution in [0.1, 0.15) is 12.5 Å². The van der Waals surface area contributed by atoms with Crippen LogP contribution < -0.4 is 10.6 Å². The standard InChI is InChI=1S/C16H23N3O3/c1-11-4-6-13(7-5-11)18-14(20)10-19(3)16(21)15-12(2)22-9-8-17-15/h4-7,12,15,17H,8-10H2,1-3H3,(H,18,20)/t12-,15+/m1/s1. The summed E-state index contributed by atoms with van der Waals surface area (Å²) < 4.78 is 5.46. The third-order valence-electron chi connectivity index (χ3n) is 3.67. The first-order chi connectivity index (χ1) is 10.5. The van der Waals surface area contributed by atoms with E-state index in [1.54, 1.807) is 7.05 Å². The van der Waals surface area contributed by atoms with Crippen LogP contribution in [-0.2, 0) is 14.3 Å². The summed E-state index contributed by atoms with van der Waals surface area (Å²) in [6, 6.07) is 7.14. The van der Waals surface area contributed by atoms with E-state index >= 15 is 0 Å². The number of carbonyl (C=O) groups excluding carboxylic acids is 2. The lowest BCUT2D eigenvalue weighted by atomic mass is 10.1. The van der Waals surface area contributed by atoms with Crippen molar-refractivity contribution in [3.63, 3.8) is 0 Å². The number of carbonyl (C=O) groups is 2. The summed E-state index contributed by atoms with van der Waals surface area (Å²) in [5.74, 6) is -0.352. The Morgan fingerprint density at radius 1 is 1.36 bits per heavy atom. The van der Waals surface area contributed by atoms with Crippen molar-refractivity contribution < 1.29 is 14.3 Å². The molecule has 1 saturated heterocycles. The number of ether oxygens (including phenoxy) is 1. The number of rotatable bonds is 4. The van der Waals surface area contributed by atoms with Gasteiger partial charge in [0.05, 0.1) is 19.3 Å². The molecule has 1 aromatic carbocycles. The van der Waals surface area contributed by atoms with E-state index in [1.807, 2.05) is 38.1 Å². The maximum Gasteiger partial charge on any atom is 0.243 e. The van der Waals surface area contributed by atoms with Crippen LogP contribution in [0.25, 0.3) is 0 Å². The van der Waals surface area contributed by atoms with Crippen molar-refractivity contribution in [3.05, 3.63) is 29.8 Å². The maximum absolute atomic E-state index is 12.3. The number of benzene rings is 1. The maximum atomic E-state index is 12.3. The van der Waals surface area contributed by atoms with Gasteiger partial charge in [-0.15, -0.1) is 0 Å². The second kappa shape index (κ2) is 7.38. The molecule has 1 aliphatic rings. The van der Waals surface area contributed by atoms with Gasteiger partial charge in [0.2, 0.25) is 11.8 Å². The fraction of sp³-hybridized carbons (Fsp3) is 0.500. The molecule has 120 valence electrons. The van der Waals surface area contributed by atoms with Gasteiger partial charge in [-0.1, -0.05) is 17.7 Å². The molecule has 2 rings (SSSR count). The summed E-state index contributed by atoms with van der Waals surface area (Å²) in [6.45, 7) is 5.09. The van der Waals surface area contributed by atoms with Crippen molar-refractivity contribution in [2.24, 2.45) is 0 Å². The number of hydrogen-bond acceptors (Lipinski definition) is 4. The lowest BCUT2D eigenvalue weighted by molar-refractivity contribution is -0.140. The molecule has 0 unspecified atom stereocenters. The highest BCUT2D eigenvalue weighted by Crippen LogP contribution is 2.09. The van der Waals surface area contributed by atoms with Crippen LogP contribution in [-0.4, -0.2) is 55.6 Å². The summed E-state index contributed by atoms with van der Waals surface area (Å²) in [6.07, 6.45) is -0.191. The van der Waals surface area contributed by atoms with Gasteiger partial charge in [-0.25, -0.2) is 0 Å². The minimum Gasteiger partial charge on any atom is -0.375 e. The molecule has 0 bridgehead atoms. The minimum atomic E-state index is -0.397. The Morgan fingerprint density at radius 3 is 2.68 bits per heavy atom. The van der Waals surface area contributed by atoms with Crippen molar-refractivity contribution in [3.8, 4) is 0 Å². The SMILES string of the molecule is Cc1ccc(NC(=O)CN(C)C(=O)[C@H]2NCCO[C@@H]2C)cc1. The van der Waals surface area contributed by atoms with Crippen molar-refractivity contribution in [2.45, 2.75) is 26.0 Å². The quantitative estimate of drug-likeness (QED) is 0.862. The van der Waals surface area contributed by atoms with Gasteiger partial charge >= 0.3 is 0 Å². The largest absolute Gasteiger partial charge is 0.375 e. The van der Waals surface area contributed by atoms with E-state index in [1.165, 1.54) is 4.90 Å². The number of amides is 2. The monoisotopic (exact) mass is 305 g/mol. The lowest BCUT2D eigenvalue weighted by Gasteiger charge is -2.32. The Labute approximate surface area is 130 Å². The van der Waals surface area contributed by atoms with Crippen LogP contribution in [0, 0.1) is 6.92 Å². The fourth-order valence-corrected chi connectivity index (χ4v) is 2.38. The third kappa shape index (κ3) is 4.29. The van der Waals surface area contributed by atoms with Gasteiger partial charge in [0, 0.05) is 19.3 Å². The minimum absolute atomic E-state index is 0.0115. The first kappa shape index (κ1) is 16.5. The molecule has 1 aliphatic heterocycles. The summed E-state index contributed by atoms with van der Waals surface area (Å²) in [4.78, 5) is 25.8. The third-order valence-corrected chi connectivity index (χ3v) is 3.67. The molecule has 22 heavy (non-hydrogen) atoms.